The van der Waals surface area contributed by atoms with Crippen LogP contribution in [0.2, 0.25) is 0 Å². The van der Waals surface area contributed by atoms with Crippen molar-refractivity contribution in [3.63, 3.8) is 0 Å². The second kappa shape index (κ2) is 8.89. The van der Waals surface area contributed by atoms with E-state index in [1.54, 1.807) is 25.3 Å². The van der Waals surface area contributed by atoms with Gasteiger partial charge in [-0.3, -0.25) is 0 Å². The van der Waals surface area contributed by atoms with Gasteiger partial charge in [0.05, 0.1) is 12.7 Å². The van der Waals surface area contributed by atoms with Gasteiger partial charge in [-0.25, -0.2) is 4.79 Å². The number of ether oxygens (including phenoxy) is 1. The average Bonchev–Trinajstić information content (AvgIpc) is 2.69. The van der Waals surface area contributed by atoms with Crippen LogP contribution in [-0.2, 0) is 0 Å². The molecule has 3 rings (SSSR count). The zero-order valence-corrected chi connectivity index (χ0v) is 16.7. The van der Waals surface area contributed by atoms with Gasteiger partial charge < -0.3 is 14.7 Å². The molecule has 4 nitrogen and oxygen atoms in total. The van der Waals surface area contributed by atoms with Crippen LogP contribution in [-0.4, -0.2) is 43.7 Å². The van der Waals surface area contributed by atoms with Gasteiger partial charge >= 0.3 is 5.97 Å². The first-order valence-corrected chi connectivity index (χ1v) is 9.51. The fourth-order valence-corrected chi connectivity index (χ4v) is 3.73. The highest BCUT2D eigenvalue weighted by atomic mass is 16.5. The Balaban J connectivity index is 1.99. The number of nitrogens with zero attached hydrogens (tertiary/aromatic N) is 1. The minimum atomic E-state index is -0.900. The average molecular weight is 377 g/mol. The molecular weight excluding hydrogens is 350 g/mol. The fourth-order valence-electron chi connectivity index (χ4n) is 3.73. The van der Waals surface area contributed by atoms with Gasteiger partial charge in [0, 0.05) is 6.54 Å². The van der Waals surface area contributed by atoms with E-state index in [0.717, 1.165) is 30.7 Å². The van der Waals surface area contributed by atoms with Crippen molar-refractivity contribution in [3.8, 4) is 5.75 Å². The lowest BCUT2D eigenvalue weighted by Gasteiger charge is -2.28. The van der Waals surface area contributed by atoms with Gasteiger partial charge in [-0.2, -0.15) is 0 Å². The van der Waals surface area contributed by atoms with E-state index in [-0.39, 0.29) is 0 Å². The van der Waals surface area contributed by atoms with E-state index in [4.69, 9.17) is 4.74 Å². The van der Waals surface area contributed by atoms with Crippen LogP contribution >= 0.6 is 0 Å². The third-order valence-electron chi connectivity index (χ3n) is 5.04. The molecule has 0 bridgehead atoms. The minimum absolute atomic E-state index is 0.313. The van der Waals surface area contributed by atoms with Gasteiger partial charge in [-0.05, 0) is 79.4 Å². The Bertz CT molecular complexity index is 912. The standard InChI is InChI=1S/C24H27NO3/c1-25(2)16-21-11-10-18(12-17-6-4-8-20(13-17)24(26)27)14-23(21)19-7-5-9-22(15-19)28-3/h4-9,12-15,21H,10-11,16H2,1-3H3,(H,26,27)/b18-12-/t21-/m1/s1. The van der Waals surface area contributed by atoms with E-state index in [0.29, 0.717) is 11.5 Å². The Kier molecular flexibility index (Phi) is 6.32. The molecule has 0 unspecified atom stereocenters. The highest BCUT2D eigenvalue weighted by Crippen LogP contribution is 2.37. The fraction of sp³-hybridized carbons (Fsp3) is 0.292. The topological polar surface area (TPSA) is 49.8 Å². The van der Waals surface area contributed by atoms with E-state index in [1.807, 2.05) is 18.2 Å². The number of rotatable bonds is 6. The number of allylic oxidation sites excluding steroid dienone is 2. The second-order valence-electron chi connectivity index (χ2n) is 7.48. The normalized spacial score (nSPS) is 18.2. The van der Waals surface area contributed by atoms with Gasteiger partial charge in [0.2, 0.25) is 0 Å². The molecular formula is C24H27NO3. The molecule has 0 amide bonds. The molecule has 1 N–H and O–H groups in total. The molecule has 0 radical (unpaired) electrons. The largest absolute Gasteiger partial charge is 0.497 e. The van der Waals surface area contributed by atoms with Crippen molar-refractivity contribution in [2.75, 3.05) is 27.7 Å². The molecule has 28 heavy (non-hydrogen) atoms. The number of carboxylic acids is 1. The summed E-state index contributed by atoms with van der Waals surface area (Å²) in [6, 6.07) is 15.3. The summed E-state index contributed by atoms with van der Waals surface area (Å²) in [5, 5.41) is 9.22. The second-order valence-corrected chi connectivity index (χ2v) is 7.48. The van der Waals surface area contributed by atoms with Crippen LogP contribution in [0.15, 0.2) is 60.2 Å². The number of methoxy groups -OCH3 is 1. The van der Waals surface area contributed by atoms with Crippen molar-refractivity contribution in [1.29, 1.82) is 0 Å². The molecule has 2 aromatic carbocycles. The molecule has 0 saturated heterocycles. The highest BCUT2D eigenvalue weighted by Gasteiger charge is 2.22. The van der Waals surface area contributed by atoms with E-state index >= 15 is 0 Å². The summed E-state index contributed by atoms with van der Waals surface area (Å²) in [5.41, 5.74) is 4.93. The summed E-state index contributed by atoms with van der Waals surface area (Å²) in [5.74, 6) is 0.402. The third kappa shape index (κ3) is 4.90. The van der Waals surface area contributed by atoms with Crippen LogP contribution in [0.3, 0.4) is 0 Å². The Hall–Kier alpha value is -2.85. The maximum Gasteiger partial charge on any atom is 0.335 e. The van der Waals surface area contributed by atoms with Gasteiger partial charge in [-0.15, -0.1) is 0 Å². The highest BCUT2D eigenvalue weighted by molar-refractivity contribution is 5.88. The van der Waals surface area contributed by atoms with E-state index in [1.165, 1.54) is 16.7 Å². The molecule has 4 heteroatoms. The minimum Gasteiger partial charge on any atom is -0.497 e. The molecule has 0 heterocycles. The Morgan fingerprint density at radius 3 is 2.71 bits per heavy atom. The van der Waals surface area contributed by atoms with E-state index in [9.17, 15) is 9.90 Å². The number of carboxylic acid groups (broad SMARTS) is 1. The van der Waals surface area contributed by atoms with Gasteiger partial charge in [0.15, 0.2) is 0 Å². The quantitative estimate of drug-likeness (QED) is 0.783. The SMILES string of the molecule is COc1cccc(C2=C/C(=C\c3cccc(C(=O)O)c3)CC[C@@H]2CN(C)C)c1. The lowest BCUT2D eigenvalue weighted by molar-refractivity contribution is 0.0697. The first kappa shape index (κ1) is 19.9. The first-order chi connectivity index (χ1) is 13.5. The van der Waals surface area contributed by atoms with Crippen LogP contribution in [0.1, 0.15) is 34.3 Å². The number of carbonyl (C=O) groups is 1. The Labute approximate surface area is 166 Å². The summed E-state index contributed by atoms with van der Waals surface area (Å²) < 4.78 is 5.41. The molecule has 0 saturated carbocycles. The summed E-state index contributed by atoms with van der Waals surface area (Å²) in [7, 11) is 5.89. The number of hydrogen-bond acceptors (Lipinski definition) is 3. The van der Waals surface area contributed by atoms with Crippen LogP contribution < -0.4 is 4.74 Å². The smallest absolute Gasteiger partial charge is 0.335 e. The maximum absolute atomic E-state index is 11.2. The molecule has 0 aromatic heterocycles. The molecule has 146 valence electrons. The lowest BCUT2D eigenvalue weighted by atomic mass is 9.81. The third-order valence-corrected chi connectivity index (χ3v) is 5.04. The molecule has 0 aliphatic heterocycles. The summed E-state index contributed by atoms with van der Waals surface area (Å²) in [4.78, 5) is 13.5. The molecule has 1 atom stereocenters. The molecule has 2 aromatic rings. The maximum atomic E-state index is 11.2. The predicted molar refractivity (Wildman–Crippen MR) is 114 cm³/mol. The van der Waals surface area contributed by atoms with Crippen molar-refractivity contribution in [2.45, 2.75) is 12.8 Å². The van der Waals surface area contributed by atoms with Crippen LogP contribution in [0.25, 0.3) is 11.6 Å². The van der Waals surface area contributed by atoms with Crippen LogP contribution in [0.4, 0.5) is 0 Å². The van der Waals surface area contributed by atoms with E-state index < -0.39 is 5.97 Å². The Morgan fingerprint density at radius 2 is 2.00 bits per heavy atom. The number of hydrogen-bond donors (Lipinski definition) is 1. The summed E-state index contributed by atoms with van der Waals surface area (Å²) in [6.07, 6.45) is 6.40. The van der Waals surface area contributed by atoms with E-state index in [2.05, 4.69) is 43.3 Å². The molecule has 0 fully saturated rings. The number of aromatic carboxylic acids is 1. The van der Waals surface area contributed by atoms with Crippen molar-refractivity contribution >= 4 is 17.6 Å². The van der Waals surface area contributed by atoms with Crippen LogP contribution in [0.5, 0.6) is 5.75 Å². The predicted octanol–water partition coefficient (Wildman–Crippen LogP) is 4.83. The van der Waals surface area contributed by atoms with Crippen molar-refractivity contribution in [3.05, 3.63) is 76.9 Å². The van der Waals surface area contributed by atoms with Crippen molar-refractivity contribution in [2.24, 2.45) is 5.92 Å². The molecule has 1 aliphatic rings. The zero-order chi connectivity index (χ0) is 20.1. The zero-order valence-electron chi connectivity index (χ0n) is 16.7. The Morgan fingerprint density at radius 1 is 1.21 bits per heavy atom. The van der Waals surface area contributed by atoms with Crippen molar-refractivity contribution < 1.29 is 14.6 Å². The molecule has 1 aliphatic carbocycles. The molecule has 0 spiro atoms. The van der Waals surface area contributed by atoms with Crippen molar-refractivity contribution in [1.82, 2.24) is 4.90 Å². The monoisotopic (exact) mass is 377 g/mol. The van der Waals surface area contributed by atoms with Gasteiger partial charge in [-0.1, -0.05) is 36.4 Å². The first-order valence-electron chi connectivity index (χ1n) is 9.51. The van der Waals surface area contributed by atoms with Gasteiger partial charge in [0.25, 0.3) is 0 Å². The van der Waals surface area contributed by atoms with Gasteiger partial charge in [0.1, 0.15) is 5.75 Å². The lowest BCUT2D eigenvalue weighted by Crippen LogP contribution is -2.24. The number of benzene rings is 2. The van der Waals surface area contributed by atoms with Crippen LogP contribution in [0, 0.1) is 5.92 Å². The summed E-state index contributed by atoms with van der Waals surface area (Å²) in [6.45, 7) is 0.991. The summed E-state index contributed by atoms with van der Waals surface area (Å²) >= 11 is 0.